The Morgan fingerprint density at radius 1 is 1.04 bits per heavy atom. The summed E-state index contributed by atoms with van der Waals surface area (Å²) in [6.07, 6.45) is 2.71. The molecule has 1 saturated heterocycles. The summed E-state index contributed by atoms with van der Waals surface area (Å²) < 4.78 is 18.7. The molecule has 5 heteroatoms. The van der Waals surface area contributed by atoms with Gasteiger partial charge in [-0.25, -0.2) is 4.39 Å². The molecule has 28 heavy (non-hydrogen) atoms. The van der Waals surface area contributed by atoms with Crippen LogP contribution in [0.1, 0.15) is 30.4 Å². The summed E-state index contributed by atoms with van der Waals surface area (Å²) in [5.41, 5.74) is 2.78. The van der Waals surface area contributed by atoms with Crippen LogP contribution in [0.3, 0.4) is 0 Å². The van der Waals surface area contributed by atoms with Gasteiger partial charge in [-0.1, -0.05) is 12.1 Å². The fraction of sp³-hybridized carbons (Fsp3) is 0.435. The molecule has 1 amide bonds. The third kappa shape index (κ3) is 3.46. The van der Waals surface area contributed by atoms with Crippen LogP contribution in [-0.2, 0) is 10.2 Å². The smallest absolute Gasteiger partial charge is 0.233 e. The first-order valence-electron chi connectivity index (χ1n) is 9.98. The van der Waals surface area contributed by atoms with Gasteiger partial charge in [0.15, 0.2) is 0 Å². The molecule has 2 aromatic rings. The zero-order valence-corrected chi connectivity index (χ0v) is 16.6. The highest BCUT2D eigenvalue weighted by Gasteiger charge is 2.53. The van der Waals surface area contributed by atoms with Crippen molar-refractivity contribution in [3.8, 4) is 5.75 Å². The summed E-state index contributed by atoms with van der Waals surface area (Å²) in [5.74, 6) is 0.855. The largest absolute Gasteiger partial charge is 0.496 e. The van der Waals surface area contributed by atoms with Crippen LogP contribution in [0.2, 0.25) is 0 Å². The van der Waals surface area contributed by atoms with E-state index >= 15 is 0 Å². The SMILES string of the molecule is COc1cc(C2(C(=O)N3CCCN(c4ccc(F)cc4)CC3)CC2)ccc1C. The Hall–Kier alpha value is -2.56. The average molecular weight is 382 g/mol. The Bertz CT molecular complexity index is 861. The van der Waals surface area contributed by atoms with Crippen LogP contribution in [0.4, 0.5) is 10.1 Å². The van der Waals surface area contributed by atoms with Gasteiger partial charge >= 0.3 is 0 Å². The van der Waals surface area contributed by atoms with E-state index < -0.39 is 0 Å². The van der Waals surface area contributed by atoms with Gasteiger partial charge < -0.3 is 14.5 Å². The quantitative estimate of drug-likeness (QED) is 0.804. The van der Waals surface area contributed by atoms with E-state index in [0.717, 1.165) is 61.5 Å². The summed E-state index contributed by atoms with van der Waals surface area (Å²) in [7, 11) is 1.67. The van der Waals surface area contributed by atoms with Crippen molar-refractivity contribution in [2.45, 2.75) is 31.6 Å². The maximum absolute atomic E-state index is 13.4. The zero-order chi connectivity index (χ0) is 19.7. The minimum Gasteiger partial charge on any atom is -0.496 e. The lowest BCUT2D eigenvalue weighted by molar-refractivity contribution is -0.133. The van der Waals surface area contributed by atoms with Crippen LogP contribution < -0.4 is 9.64 Å². The third-order valence-corrected chi connectivity index (χ3v) is 6.09. The number of rotatable bonds is 4. The minimum atomic E-state index is -0.383. The molecule has 4 nitrogen and oxygen atoms in total. The number of carbonyl (C=O) groups is 1. The fourth-order valence-corrected chi connectivity index (χ4v) is 4.20. The van der Waals surface area contributed by atoms with Crippen LogP contribution in [0.15, 0.2) is 42.5 Å². The second kappa shape index (κ2) is 7.46. The van der Waals surface area contributed by atoms with Gasteiger partial charge in [0.1, 0.15) is 11.6 Å². The normalized spacial score (nSPS) is 18.5. The molecule has 1 aliphatic heterocycles. The van der Waals surface area contributed by atoms with E-state index in [-0.39, 0.29) is 17.1 Å². The topological polar surface area (TPSA) is 32.8 Å². The lowest BCUT2D eigenvalue weighted by Gasteiger charge is -2.27. The molecule has 4 rings (SSSR count). The van der Waals surface area contributed by atoms with Crippen LogP contribution in [0, 0.1) is 12.7 Å². The lowest BCUT2D eigenvalue weighted by Crippen LogP contribution is -2.41. The summed E-state index contributed by atoms with van der Waals surface area (Å²) in [5, 5.41) is 0. The maximum atomic E-state index is 13.4. The molecule has 0 spiro atoms. The number of aryl methyl sites for hydroxylation is 1. The fourth-order valence-electron chi connectivity index (χ4n) is 4.20. The van der Waals surface area contributed by atoms with Crippen molar-refractivity contribution >= 4 is 11.6 Å². The Morgan fingerprint density at radius 2 is 1.79 bits per heavy atom. The van der Waals surface area contributed by atoms with Crippen LogP contribution >= 0.6 is 0 Å². The van der Waals surface area contributed by atoms with E-state index in [9.17, 15) is 9.18 Å². The van der Waals surface area contributed by atoms with Gasteiger partial charge in [-0.3, -0.25) is 4.79 Å². The minimum absolute atomic E-state index is 0.223. The highest BCUT2D eigenvalue weighted by atomic mass is 19.1. The first kappa shape index (κ1) is 18.8. The Morgan fingerprint density at radius 3 is 2.46 bits per heavy atom. The van der Waals surface area contributed by atoms with Crippen molar-refractivity contribution in [3.05, 3.63) is 59.4 Å². The predicted octanol–water partition coefficient (Wildman–Crippen LogP) is 3.91. The summed E-state index contributed by atoms with van der Waals surface area (Å²) in [4.78, 5) is 17.7. The molecule has 1 heterocycles. The van der Waals surface area contributed by atoms with Gasteiger partial charge in [0.05, 0.1) is 12.5 Å². The van der Waals surface area contributed by atoms with Crippen LogP contribution in [0.5, 0.6) is 5.75 Å². The number of ether oxygens (including phenoxy) is 1. The van der Waals surface area contributed by atoms with Gasteiger partial charge in [-0.15, -0.1) is 0 Å². The number of halogens is 1. The van der Waals surface area contributed by atoms with E-state index in [4.69, 9.17) is 4.74 Å². The molecule has 1 saturated carbocycles. The molecule has 148 valence electrons. The number of hydrogen-bond acceptors (Lipinski definition) is 3. The molecule has 2 aliphatic rings. The highest BCUT2D eigenvalue weighted by molar-refractivity contribution is 5.91. The molecule has 0 unspecified atom stereocenters. The van der Waals surface area contributed by atoms with Crippen LogP contribution in [0.25, 0.3) is 0 Å². The molecular formula is C23H27FN2O2. The molecule has 0 bridgehead atoms. The number of methoxy groups -OCH3 is 1. The maximum Gasteiger partial charge on any atom is 0.233 e. The standard InChI is InChI=1S/C23H27FN2O2/c1-17-4-5-18(16-21(17)28-2)23(10-11-23)22(27)26-13-3-12-25(14-15-26)20-8-6-19(24)7-9-20/h4-9,16H,3,10-15H2,1-2H3. The number of nitrogens with zero attached hydrogens (tertiary/aromatic N) is 2. The van der Waals surface area contributed by atoms with Crippen LogP contribution in [-0.4, -0.2) is 44.1 Å². The second-order valence-corrected chi connectivity index (χ2v) is 7.88. The van der Waals surface area contributed by atoms with Crippen molar-refractivity contribution in [2.24, 2.45) is 0 Å². The molecule has 0 radical (unpaired) electrons. The van der Waals surface area contributed by atoms with Gasteiger partial charge in [-0.2, -0.15) is 0 Å². The van der Waals surface area contributed by atoms with Crippen molar-refractivity contribution in [1.82, 2.24) is 4.90 Å². The average Bonchev–Trinajstić information content (AvgIpc) is 3.53. The van der Waals surface area contributed by atoms with E-state index in [1.54, 1.807) is 7.11 Å². The molecule has 2 aromatic carbocycles. The van der Waals surface area contributed by atoms with E-state index in [1.807, 2.05) is 36.1 Å². The van der Waals surface area contributed by atoms with E-state index in [0.29, 0.717) is 6.54 Å². The summed E-state index contributed by atoms with van der Waals surface area (Å²) >= 11 is 0. The monoisotopic (exact) mass is 382 g/mol. The lowest BCUT2D eigenvalue weighted by atomic mass is 9.93. The van der Waals surface area contributed by atoms with E-state index in [1.165, 1.54) is 12.1 Å². The van der Waals surface area contributed by atoms with Gasteiger partial charge in [0, 0.05) is 31.9 Å². The van der Waals surface area contributed by atoms with Gasteiger partial charge in [0.2, 0.25) is 5.91 Å². The van der Waals surface area contributed by atoms with Crippen molar-refractivity contribution in [2.75, 3.05) is 38.2 Å². The number of anilines is 1. The molecule has 1 aliphatic carbocycles. The number of amides is 1. The number of benzene rings is 2. The molecule has 0 atom stereocenters. The molecule has 2 fully saturated rings. The summed E-state index contributed by atoms with van der Waals surface area (Å²) in [6.45, 7) is 5.12. The predicted molar refractivity (Wildman–Crippen MR) is 108 cm³/mol. The van der Waals surface area contributed by atoms with E-state index in [2.05, 4.69) is 11.0 Å². The number of hydrogen-bond donors (Lipinski definition) is 0. The summed E-state index contributed by atoms with van der Waals surface area (Å²) in [6, 6.07) is 12.8. The Kier molecular flexibility index (Phi) is 5.00. The van der Waals surface area contributed by atoms with Gasteiger partial charge in [-0.05, 0) is 67.6 Å². The second-order valence-electron chi connectivity index (χ2n) is 7.88. The first-order chi connectivity index (χ1) is 13.5. The highest BCUT2D eigenvalue weighted by Crippen LogP contribution is 2.50. The Balaban J connectivity index is 1.48. The number of carbonyl (C=O) groups excluding carboxylic acids is 1. The van der Waals surface area contributed by atoms with Crippen molar-refractivity contribution in [3.63, 3.8) is 0 Å². The molecule has 0 aromatic heterocycles. The zero-order valence-electron chi connectivity index (χ0n) is 16.6. The first-order valence-corrected chi connectivity index (χ1v) is 9.98. The third-order valence-electron chi connectivity index (χ3n) is 6.09. The van der Waals surface area contributed by atoms with Gasteiger partial charge in [0.25, 0.3) is 0 Å². The molecular weight excluding hydrogens is 355 g/mol. The Labute approximate surface area is 165 Å². The molecule has 0 N–H and O–H groups in total. The van der Waals surface area contributed by atoms with Crippen molar-refractivity contribution < 1.29 is 13.9 Å². The van der Waals surface area contributed by atoms with Crippen molar-refractivity contribution in [1.29, 1.82) is 0 Å².